The highest BCUT2D eigenvalue weighted by atomic mass is 16.5. The molecule has 1 rings (SSSR count). The third-order valence-corrected chi connectivity index (χ3v) is 4.38. The predicted molar refractivity (Wildman–Crippen MR) is 87.4 cm³/mol. The van der Waals surface area contributed by atoms with Gasteiger partial charge < -0.3 is 15.0 Å². The van der Waals surface area contributed by atoms with Crippen LogP contribution in [0.2, 0.25) is 0 Å². The molecule has 1 heterocycles. The number of carbonyl (C=O) groups is 1. The van der Waals surface area contributed by atoms with Crippen LogP contribution < -0.4 is 5.32 Å². The monoisotopic (exact) mass is 298 g/mol. The van der Waals surface area contributed by atoms with E-state index in [2.05, 4.69) is 31.0 Å². The molecule has 0 saturated carbocycles. The molecule has 1 atom stereocenters. The molecule has 1 aliphatic rings. The van der Waals surface area contributed by atoms with Crippen molar-refractivity contribution in [3.8, 4) is 0 Å². The van der Waals surface area contributed by atoms with Crippen LogP contribution in [-0.2, 0) is 9.53 Å². The largest absolute Gasteiger partial charge is 0.465 e. The molecule has 0 aromatic heterocycles. The van der Waals surface area contributed by atoms with E-state index in [-0.39, 0.29) is 12.0 Å². The van der Waals surface area contributed by atoms with Crippen molar-refractivity contribution in [3.05, 3.63) is 0 Å². The van der Waals surface area contributed by atoms with Crippen LogP contribution in [0.15, 0.2) is 0 Å². The summed E-state index contributed by atoms with van der Waals surface area (Å²) in [6.07, 6.45) is 5.70. The fourth-order valence-corrected chi connectivity index (χ4v) is 2.88. The molecule has 1 saturated heterocycles. The zero-order chi connectivity index (χ0) is 15.7. The first-order valence-electron chi connectivity index (χ1n) is 8.61. The number of nitrogens with zero attached hydrogens (tertiary/aromatic N) is 1. The Morgan fingerprint density at radius 3 is 2.71 bits per heavy atom. The SMILES string of the molecule is CCCNC(CCN1CCCC(C)(C)CC1)C(=O)OCC. The Morgan fingerprint density at radius 2 is 2.05 bits per heavy atom. The lowest BCUT2D eigenvalue weighted by Crippen LogP contribution is -2.41. The van der Waals surface area contributed by atoms with Crippen LogP contribution in [-0.4, -0.2) is 49.7 Å². The van der Waals surface area contributed by atoms with Gasteiger partial charge in [0.25, 0.3) is 0 Å². The molecule has 0 aromatic rings. The molecule has 0 aliphatic carbocycles. The fourth-order valence-electron chi connectivity index (χ4n) is 2.88. The Morgan fingerprint density at radius 1 is 1.29 bits per heavy atom. The average Bonchev–Trinajstić information content (AvgIpc) is 2.60. The van der Waals surface area contributed by atoms with Crippen LogP contribution >= 0.6 is 0 Å². The van der Waals surface area contributed by atoms with E-state index in [1.165, 1.54) is 19.3 Å². The topological polar surface area (TPSA) is 41.6 Å². The lowest BCUT2D eigenvalue weighted by molar-refractivity contribution is -0.145. The van der Waals surface area contributed by atoms with Crippen LogP contribution in [0.4, 0.5) is 0 Å². The Hall–Kier alpha value is -0.610. The first kappa shape index (κ1) is 18.4. The predicted octanol–water partition coefficient (Wildman–Crippen LogP) is 2.82. The Balaban J connectivity index is 2.42. The van der Waals surface area contributed by atoms with E-state index in [9.17, 15) is 4.79 Å². The van der Waals surface area contributed by atoms with Crippen molar-refractivity contribution in [2.45, 2.75) is 65.8 Å². The molecular weight excluding hydrogens is 264 g/mol. The number of ether oxygens (including phenoxy) is 1. The highest BCUT2D eigenvalue weighted by molar-refractivity contribution is 5.75. The van der Waals surface area contributed by atoms with Crippen molar-refractivity contribution >= 4 is 5.97 Å². The van der Waals surface area contributed by atoms with E-state index in [4.69, 9.17) is 4.74 Å². The van der Waals surface area contributed by atoms with Crippen LogP contribution in [0, 0.1) is 5.41 Å². The first-order valence-corrected chi connectivity index (χ1v) is 8.61. The summed E-state index contributed by atoms with van der Waals surface area (Å²) in [6.45, 7) is 13.3. The van der Waals surface area contributed by atoms with Crippen LogP contribution in [0.5, 0.6) is 0 Å². The number of rotatable bonds is 8. The molecule has 124 valence electrons. The molecule has 0 radical (unpaired) electrons. The highest BCUT2D eigenvalue weighted by Gasteiger charge is 2.24. The Kier molecular flexibility index (Phi) is 8.27. The van der Waals surface area contributed by atoms with Gasteiger partial charge in [0.1, 0.15) is 6.04 Å². The first-order chi connectivity index (χ1) is 9.98. The maximum absolute atomic E-state index is 12.0. The van der Waals surface area contributed by atoms with Gasteiger partial charge in [-0.2, -0.15) is 0 Å². The summed E-state index contributed by atoms with van der Waals surface area (Å²) in [5.41, 5.74) is 0.468. The van der Waals surface area contributed by atoms with E-state index in [1.54, 1.807) is 0 Å². The number of carbonyl (C=O) groups excluding carboxylic acids is 1. The Labute approximate surface area is 130 Å². The average molecular weight is 298 g/mol. The van der Waals surface area contributed by atoms with Crippen molar-refractivity contribution in [3.63, 3.8) is 0 Å². The summed E-state index contributed by atoms with van der Waals surface area (Å²) in [5, 5.41) is 3.32. The molecule has 0 spiro atoms. The van der Waals surface area contributed by atoms with Gasteiger partial charge in [0.15, 0.2) is 0 Å². The summed E-state index contributed by atoms with van der Waals surface area (Å²) < 4.78 is 5.18. The van der Waals surface area contributed by atoms with Gasteiger partial charge in [-0.25, -0.2) is 0 Å². The van der Waals surface area contributed by atoms with Gasteiger partial charge in [0, 0.05) is 6.54 Å². The highest BCUT2D eigenvalue weighted by Crippen LogP contribution is 2.29. The molecule has 0 amide bonds. The quantitative estimate of drug-likeness (QED) is 0.700. The standard InChI is InChI=1S/C17H34N2O2/c1-5-11-18-15(16(20)21-6-2)8-13-19-12-7-9-17(3,4)10-14-19/h15,18H,5-14H2,1-4H3. The van der Waals surface area contributed by atoms with E-state index in [0.717, 1.165) is 39.0 Å². The molecule has 0 aromatic carbocycles. The van der Waals surface area contributed by atoms with Crippen LogP contribution in [0.1, 0.15) is 59.8 Å². The van der Waals surface area contributed by atoms with Gasteiger partial charge in [-0.15, -0.1) is 0 Å². The second-order valence-corrected chi connectivity index (χ2v) is 6.91. The normalized spacial score (nSPS) is 20.8. The van der Waals surface area contributed by atoms with Gasteiger partial charge in [-0.05, 0) is 64.1 Å². The zero-order valence-corrected chi connectivity index (χ0v) is 14.4. The number of nitrogens with one attached hydrogen (secondary N) is 1. The van der Waals surface area contributed by atoms with Crippen molar-refractivity contribution < 1.29 is 9.53 Å². The smallest absolute Gasteiger partial charge is 0.323 e. The minimum absolute atomic E-state index is 0.0962. The van der Waals surface area contributed by atoms with E-state index in [1.807, 2.05) is 6.92 Å². The second-order valence-electron chi connectivity index (χ2n) is 6.91. The second kappa shape index (κ2) is 9.42. The number of hydrogen-bond acceptors (Lipinski definition) is 4. The van der Waals surface area contributed by atoms with Crippen molar-refractivity contribution in [1.29, 1.82) is 0 Å². The van der Waals surface area contributed by atoms with E-state index >= 15 is 0 Å². The van der Waals surface area contributed by atoms with E-state index < -0.39 is 0 Å². The number of likely N-dealkylation sites (tertiary alicyclic amines) is 1. The molecule has 4 heteroatoms. The van der Waals surface area contributed by atoms with Gasteiger partial charge in [-0.3, -0.25) is 4.79 Å². The summed E-state index contributed by atoms with van der Waals surface area (Å²) >= 11 is 0. The minimum Gasteiger partial charge on any atom is -0.465 e. The molecule has 1 aliphatic heterocycles. The number of hydrogen-bond donors (Lipinski definition) is 1. The summed E-state index contributed by atoms with van der Waals surface area (Å²) in [5.74, 6) is -0.0962. The minimum atomic E-state index is -0.152. The molecule has 21 heavy (non-hydrogen) atoms. The third-order valence-electron chi connectivity index (χ3n) is 4.38. The van der Waals surface area contributed by atoms with Gasteiger partial charge in [0.2, 0.25) is 0 Å². The molecule has 0 bridgehead atoms. The molecule has 4 nitrogen and oxygen atoms in total. The summed E-state index contributed by atoms with van der Waals surface area (Å²) in [6, 6.07) is -0.152. The van der Waals surface area contributed by atoms with Gasteiger partial charge in [0.05, 0.1) is 6.61 Å². The molecular formula is C17H34N2O2. The van der Waals surface area contributed by atoms with Gasteiger partial charge in [-0.1, -0.05) is 20.8 Å². The summed E-state index contributed by atoms with van der Waals surface area (Å²) in [7, 11) is 0. The van der Waals surface area contributed by atoms with Crippen molar-refractivity contribution in [2.24, 2.45) is 5.41 Å². The molecule has 1 N–H and O–H groups in total. The third kappa shape index (κ3) is 7.28. The zero-order valence-electron chi connectivity index (χ0n) is 14.4. The van der Waals surface area contributed by atoms with Crippen molar-refractivity contribution in [1.82, 2.24) is 10.2 Å². The molecule has 1 fully saturated rings. The lowest BCUT2D eigenvalue weighted by atomic mass is 9.85. The van der Waals surface area contributed by atoms with Crippen LogP contribution in [0.25, 0.3) is 0 Å². The number of esters is 1. The molecule has 1 unspecified atom stereocenters. The van der Waals surface area contributed by atoms with E-state index in [0.29, 0.717) is 12.0 Å². The van der Waals surface area contributed by atoms with Crippen molar-refractivity contribution in [2.75, 3.05) is 32.8 Å². The van der Waals surface area contributed by atoms with Crippen LogP contribution in [0.3, 0.4) is 0 Å². The summed E-state index contributed by atoms with van der Waals surface area (Å²) in [4.78, 5) is 14.5. The maximum atomic E-state index is 12.0. The Bertz CT molecular complexity index is 305. The maximum Gasteiger partial charge on any atom is 0.323 e. The lowest BCUT2D eigenvalue weighted by Gasteiger charge is -2.25. The fraction of sp³-hybridized carbons (Fsp3) is 0.941. The van der Waals surface area contributed by atoms with Gasteiger partial charge >= 0.3 is 5.97 Å².